The molecular formula is C19H32N6O2S. The number of carbonyl (C=O) groups is 1. The number of nitrogens with zero attached hydrogens (tertiary/aromatic N) is 5. The average Bonchev–Trinajstić information content (AvgIpc) is 3.20. The van der Waals surface area contributed by atoms with Crippen LogP contribution in [0.5, 0.6) is 0 Å². The zero-order valence-electron chi connectivity index (χ0n) is 17.0. The molecule has 9 heteroatoms. The third kappa shape index (κ3) is 5.89. The van der Waals surface area contributed by atoms with Crippen LogP contribution in [-0.2, 0) is 22.5 Å². The molecule has 0 spiro atoms. The van der Waals surface area contributed by atoms with Gasteiger partial charge >= 0.3 is 0 Å². The molecule has 2 saturated heterocycles. The number of aryl methyl sites for hydroxylation is 1. The lowest BCUT2D eigenvalue weighted by atomic mass is 10.3. The maximum atomic E-state index is 12.4. The molecule has 0 atom stereocenters. The van der Waals surface area contributed by atoms with Crippen molar-refractivity contribution in [3.8, 4) is 0 Å². The van der Waals surface area contributed by atoms with Gasteiger partial charge in [0.1, 0.15) is 0 Å². The fourth-order valence-corrected chi connectivity index (χ4v) is 4.12. The number of guanidine groups is 1. The molecule has 0 radical (unpaired) electrons. The number of carbonyl (C=O) groups excluding carboxylic acids is 1. The van der Waals surface area contributed by atoms with Gasteiger partial charge in [0, 0.05) is 51.2 Å². The van der Waals surface area contributed by atoms with Gasteiger partial charge in [-0.3, -0.25) is 9.69 Å². The fourth-order valence-electron chi connectivity index (χ4n) is 3.39. The standard InChI is InChI=1S/C19H32N6O2S/c1-3-17-22-16(15-28-17)13-21-19(20-4-2)25-7-5-23(6-8-25)14-18(26)24-9-11-27-12-10-24/h15H,3-14H2,1-2H3,(H,20,21). The topological polar surface area (TPSA) is 73.3 Å². The monoisotopic (exact) mass is 408 g/mol. The molecule has 0 aromatic carbocycles. The van der Waals surface area contributed by atoms with Crippen LogP contribution in [0.4, 0.5) is 0 Å². The van der Waals surface area contributed by atoms with E-state index in [1.165, 1.54) is 0 Å². The van der Waals surface area contributed by atoms with E-state index in [4.69, 9.17) is 9.73 Å². The highest BCUT2D eigenvalue weighted by Gasteiger charge is 2.24. The van der Waals surface area contributed by atoms with Crippen LogP contribution in [0.2, 0.25) is 0 Å². The van der Waals surface area contributed by atoms with E-state index < -0.39 is 0 Å². The van der Waals surface area contributed by atoms with Crippen LogP contribution in [0.15, 0.2) is 10.4 Å². The van der Waals surface area contributed by atoms with Crippen molar-refractivity contribution in [1.29, 1.82) is 0 Å². The van der Waals surface area contributed by atoms with Gasteiger partial charge in [-0.15, -0.1) is 11.3 Å². The first-order chi connectivity index (χ1) is 13.7. The number of piperazine rings is 1. The number of rotatable bonds is 6. The Labute approximate surface area is 171 Å². The summed E-state index contributed by atoms with van der Waals surface area (Å²) >= 11 is 1.70. The molecule has 0 unspecified atom stereocenters. The smallest absolute Gasteiger partial charge is 0.236 e. The first-order valence-electron chi connectivity index (χ1n) is 10.2. The Morgan fingerprint density at radius 3 is 2.57 bits per heavy atom. The summed E-state index contributed by atoms with van der Waals surface area (Å²) in [5.74, 6) is 1.15. The lowest BCUT2D eigenvalue weighted by Gasteiger charge is -2.37. The largest absolute Gasteiger partial charge is 0.378 e. The minimum atomic E-state index is 0.215. The summed E-state index contributed by atoms with van der Waals surface area (Å²) in [7, 11) is 0. The minimum Gasteiger partial charge on any atom is -0.378 e. The van der Waals surface area contributed by atoms with Gasteiger partial charge in [-0.1, -0.05) is 6.92 Å². The van der Waals surface area contributed by atoms with Gasteiger partial charge in [0.2, 0.25) is 5.91 Å². The summed E-state index contributed by atoms with van der Waals surface area (Å²) in [6, 6.07) is 0. The second-order valence-electron chi connectivity index (χ2n) is 7.01. The van der Waals surface area contributed by atoms with Crippen molar-refractivity contribution in [2.24, 2.45) is 4.99 Å². The van der Waals surface area contributed by atoms with E-state index >= 15 is 0 Å². The van der Waals surface area contributed by atoms with E-state index in [0.29, 0.717) is 39.4 Å². The number of aliphatic imine (C=N–C) groups is 1. The summed E-state index contributed by atoms with van der Waals surface area (Å²) in [5.41, 5.74) is 1.03. The van der Waals surface area contributed by atoms with Gasteiger partial charge in [-0.05, 0) is 13.3 Å². The molecule has 0 bridgehead atoms. The number of hydrogen-bond acceptors (Lipinski definition) is 6. The second-order valence-corrected chi connectivity index (χ2v) is 7.96. The van der Waals surface area contributed by atoms with Crippen molar-refractivity contribution in [2.75, 3.05) is 65.6 Å². The van der Waals surface area contributed by atoms with E-state index in [0.717, 1.165) is 55.8 Å². The Morgan fingerprint density at radius 2 is 1.93 bits per heavy atom. The average molecular weight is 409 g/mol. The molecule has 0 aliphatic carbocycles. The predicted molar refractivity (Wildman–Crippen MR) is 112 cm³/mol. The van der Waals surface area contributed by atoms with Gasteiger partial charge in [0.15, 0.2) is 5.96 Å². The Hall–Kier alpha value is -1.71. The van der Waals surface area contributed by atoms with Crippen LogP contribution < -0.4 is 5.32 Å². The maximum Gasteiger partial charge on any atom is 0.236 e. The molecule has 3 rings (SSSR count). The molecule has 1 N–H and O–H groups in total. The number of ether oxygens (including phenoxy) is 1. The lowest BCUT2D eigenvalue weighted by molar-refractivity contribution is -0.136. The number of hydrogen-bond donors (Lipinski definition) is 1. The van der Waals surface area contributed by atoms with E-state index in [1.54, 1.807) is 11.3 Å². The van der Waals surface area contributed by atoms with Crippen LogP contribution in [0, 0.1) is 0 Å². The summed E-state index contributed by atoms with van der Waals surface area (Å²) in [6.07, 6.45) is 0.972. The normalized spacial score (nSPS) is 19.1. The van der Waals surface area contributed by atoms with Gasteiger partial charge in [0.05, 0.1) is 37.0 Å². The van der Waals surface area contributed by atoms with E-state index in [-0.39, 0.29) is 5.91 Å². The zero-order chi connectivity index (χ0) is 19.8. The van der Waals surface area contributed by atoms with Crippen LogP contribution >= 0.6 is 11.3 Å². The van der Waals surface area contributed by atoms with Crippen LogP contribution in [0.1, 0.15) is 24.5 Å². The molecule has 2 aliphatic rings. The SMILES string of the molecule is CCNC(=NCc1csc(CC)n1)N1CCN(CC(=O)N2CCOCC2)CC1. The van der Waals surface area contributed by atoms with Crippen molar-refractivity contribution in [2.45, 2.75) is 26.8 Å². The highest BCUT2D eigenvalue weighted by Crippen LogP contribution is 2.11. The summed E-state index contributed by atoms with van der Waals surface area (Å²) < 4.78 is 5.33. The molecule has 28 heavy (non-hydrogen) atoms. The maximum absolute atomic E-state index is 12.4. The zero-order valence-corrected chi connectivity index (χ0v) is 17.8. The van der Waals surface area contributed by atoms with Gasteiger partial charge in [0.25, 0.3) is 0 Å². The highest BCUT2D eigenvalue weighted by molar-refractivity contribution is 7.09. The lowest BCUT2D eigenvalue weighted by Crippen LogP contribution is -2.54. The van der Waals surface area contributed by atoms with E-state index in [1.807, 2.05) is 4.90 Å². The van der Waals surface area contributed by atoms with Gasteiger partial charge < -0.3 is 19.9 Å². The number of aromatic nitrogens is 1. The van der Waals surface area contributed by atoms with Gasteiger partial charge in [-0.2, -0.15) is 0 Å². The van der Waals surface area contributed by atoms with Gasteiger partial charge in [-0.25, -0.2) is 9.98 Å². The third-order valence-corrected chi connectivity index (χ3v) is 6.06. The van der Waals surface area contributed by atoms with Crippen molar-refractivity contribution in [3.05, 3.63) is 16.1 Å². The molecule has 3 heterocycles. The molecule has 156 valence electrons. The number of thiazole rings is 1. The first kappa shape index (κ1) is 21.0. The Kier molecular flexibility index (Phi) is 8.05. The highest BCUT2D eigenvalue weighted by atomic mass is 32.1. The van der Waals surface area contributed by atoms with Crippen molar-refractivity contribution in [3.63, 3.8) is 0 Å². The Balaban J connectivity index is 1.49. The summed E-state index contributed by atoms with van der Waals surface area (Å²) in [5, 5.41) is 6.65. The first-order valence-corrected chi connectivity index (χ1v) is 11.1. The Bertz CT molecular complexity index is 651. The molecular weight excluding hydrogens is 376 g/mol. The Morgan fingerprint density at radius 1 is 1.18 bits per heavy atom. The van der Waals surface area contributed by atoms with Crippen molar-refractivity contribution >= 4 is 23.2 Å². The molecule has 1 amide bonds. The van der Waals surface area contributed by atoms with Crippen LogP contribution in [-0.4, -0.2) is 97.1 Å². The van der Waals surface area contributed by atoms with E-state index in [9.17, 15) is 4.79 Å². The number of morpholine rings is 1. The molecule has 2 fully saturated rings. The van der Waals surface area contributed by atoms with Crippen LogP contribution in [0.3, 0.4) is 0 Å². The third-order valence-electron chi connectivity index (χ3n) is 5.02. The summed E-state index contributed by atoms with van der Waals surface area (Å²) in [6.45, 7) is 12.4. The minimum absolute atomic E-state index is 0.215. The van der Waals surface area contributed by atoms with E-state index in [2.05, 4.69) is 39.3 Å². The summed E-state index contributed by atoms with van der Waals surface area (Å²) in [4.78, 5) is 28.3. The molecule has 8 nitrogen and oxygen atoms in total. The number of nitrogens with one attached hydrogen (secondary N) is 1. The van der Waals surface area contributed by atoms with Crippen molar-refractivity contribution < 1.29 is 9.53 Å². The molecule has 1 aromatic heterocycles. The van der Waals surface area contributed by atoms with Crippen molar-refractivity contribution in [1.82, 2.24) is 25.0 Å². The fraction of sp³-hybridized carbons (Fsp3) is 0.737. The second kappa shape index (κ2) is 10.7. The number of amides is 1. The van der Waals surface area contributed by atoms with Crippen LogP contribution in [0.25, 0.3) is 0 Å². The molecule has 1 aromatic rings. The molecule has 0 saturated carbocycles. The predicted octanol–water partition coefficient (Wildman–Crippen LogP) is 0.647. The molecule has 2 aliphatic heterocycles. The quantitative estimate of drug-likeness (QED) is 0.550.